The molecule has 1 N–H and O–H groups in total. The highest BCUT2D eigenvalue weighted by atomic mass is 16.5. The lowest BCUT2D eigenvalue weighted by Gasteiger charge is -2.11. The number of hydrogen-bond donors (Lipinski definition) is 1. The normalized spacial score (nSPS) is 24.4. The summed E-state index contributed by atoms with van der Waals surface area (Å²) in [7, 11) is 0. The Kier molecular flexibility index (Phi) is 3.19. The van der Waals surface area contributed by atoms with Crippen LogP contribution in [0.15, 0.2) is 18.3 Å². The van der Waals surface area contributed by atoms with Crippen molar-refractivity contribution in [2.24, 2.45) is 0 Å². The van der Waals surface area contributed by atoms with E-state index in [2.05, 4.69) is 10.3 Å². The summed E-state index contributed by atoms with van der Waals surface area (Å²) in [6.07, 6.45) is 3.28. The monoisotopic (exact) mass is 220 g/mol. The molecule has 2 rings (SSSR count). The summed E-state index contributed by atoms with van der Waals surface area (Å²) in [5.41, 5.74) is 1.66. The zero-order valence-electron chi connectivity index (χ0n) is 9.56. The first-order chi connectivity index (χ1) is 7.65. The number of nitrogens with zero attached hydrogens (tertiary/aromatic N) is 1. The molecule has 0 aromatic carbocycles. The van der Waals surface area contributed by atoms with E-state index < -0.39 is 0 Å². The first-order valence-corrected chi connectivity index (χ1v) is 5.54. The van der Waals surface area contributed by atoms with E-state index in [1.54, 1.807) is 6.20 Å². The highest BCUT2D eigenvalue weighted by Crippen LogP contribution is 2.20. The van der Waals surface area contributed by atoms with Gasteiger partial charge in [0.25, 0.3) is 5.91 Å². The smallest absolute Gasteiger partial charge is 0.253 e. The molecule has 0 radical (unpaired) electrons. The van der Waals surface area contributed by atoms with Crippen molar-refractivity contribution in [3.8, 4) is 0 Å². The summed E-state index contributed by atoms with van der Waals surface area (Å²) < 4.78 is 5.49. The largest absolute Gasteiger partial charge is 0.365 e. The molecule has 0 bridgehead atoms. The molecule has 2 atom stereocenters. The van der Waals surface area contributed by atoms with Crippen LogP contribution < -0.4 is 5.32 Å². The number of ether oxygens (including phenoxy) is 1. The summed E-state index contributed by atoms with van der Waals surface area (Å²) in [4.78, 5) is 15.9. The van der Waals surface area contributed by atoms with Crippen molar-refractivity contribution in [1.29, 1.82) is 0 Å². The maximum Gasteiger partial charge on any atom is 0.253 e. The lowest BCUT2D eigenvalue weighted by atomic mass is 10.2. The molecular weight excluding hydrogens is 204 g/mol. The van der Waals surface area contributed by atoms with E-state index in [9.17, 15) is 4.79 Å². The molecule has 0 spiro atoms. The fourth-order valence-corrected chi connectivity index (χ4v) is 1.76. The fourth-order valence-electron chi connectivity index (χ4n) is 1.76. The third-order valence-electron chi connectivity index (χ3n) is 2.70. The van der Waals surface area contributed by atoms with Crippen LogP contribution in [0.4, 0.5) is 5.69 Å². The van der Waals surface area contributed by atoms with Crippen molar-refractivity contribution in [1.82, 2.24) is 4.98 Å². The molecule has 4 heteroatoms. The Bertz CT molecular complexity index is 375. The van der Waals surface area contributed by atoms with Crippen LogP contribution in [0.25, 0.3) is 0 Å². The summed E-state index contributed by atoms with van der Waals surface area (Å²) in [5, 5.41) is 2.81. The minimum atomic E-state index is -0.309. The van der Waals surface area contributed by atoms with Gasteiger partial charge in [0.15, 0.2) is 0 Å². The van der Waals surface area contributed by atoms with Crippen LogP contribution in [0, 0.1) is 6.92 Å². The molecule has 1 saturated heterocycles. The van der Waals surface area contributed by atoms with Crippen molar-refractivity contribution >= 4 is 11.6 Å². The Labute approximate surface area is 95.0 Å². The van der Waals surface area contributed by atoms with E-state index in [1.165, 1.54) is 0 Å². The molecule has 2 unspecified atom stereocenters. The zero-order valence-corrected chi connectivity index (χ0v) is 9.56. The molecule has 1 aliphatic rings. The number of anilines is 1. The number of aryl methyl sites for hydroxylation is 1. The molecule has 0 saturated carbocycles. The Morgan fingerprint density at radius 3 is 2.88 bits per heavy atom. The van der Waals surface area contributed by atoms with Crippen molar-refractivity contribution in [3.05, 3.63) is 24.0 Å². The predicted molar refractivity (Wildman–Crippen MR) is 61.2 cm³/mol. The summed E-state index contributed by atoms with van der Waals surface area (Å²) >= 11 is 0. The number of carbonyl (C=O) groups is 1. The van der Waals surface area contributed by atoms with E-state index in [4.69, 9.17) is 4.74 Å². The number of nitrogens with one attached hydrogen (secondary N) is 1. The summed E-state index contributed by atoms with van der Waals surface area (Å²) in [5.74, 6) is -0.0741. The van der Waals surface area contributed by atoms with Crippen molar-refractivity contribution < 1.29 is 9.53 Å². The van der Waals surface area contributed by atoms with Crippen molar-refractivity contribution in [2.75, 3.05) is 5.32 Å². The Morgan fingerprint density at radius 1 is 1.50 bits per heavy atom. The molecule has 4 nitrogen and oxygen atoms in total. The second-order valence-electron chi connectivity index (χ2n) is 4.19. The van der Waals surface area contributed by atoms with Gasteiger partial charge in [0.1, 0.15) is 6.10 Å². The van der Waals surface area contributed by atoms with E-state index >= 15 is 0 Å². The second-order valence-corrected chi connectivity index (χ2v) is 4.19. The maximum absolute atomic E-state index is 11.8. The van der Waals surface area contributed by atoms with Gasteiger partial charge in [-0.1, -0.05) is 0 Å². The molecule has 86 valence electrons. The lowest BCUT2D eigenvalue weighted by molar-refractivity contribution is -0.126. The summed E-state index contributed by atoms with van der Waals surface area (Å²) in [6, 6.07) is 3.71. The molecule has 2 heterocycles. The molecule has 1 aromatic rings. The van der Waals surface area contributed by atoms with E-state index in [0.29, 0.717) is 0 Å². The topological polar surface area (TPSA) is 51.2 Å². The van der Waals surface area contributed by atoms with Gasteiger partial charge < -0.3 is 10.1 Å². The van der Waals surface area contributed by atoms with Crippen LogP contribution >= 0.6 is 0 Å². The number of pyridine rings is 1. The second kappa shape index (κ2) is 4.61. The van der Waals surface area contributed by atoms with Gasteiger partial charge in [0.05, 0.1) is 18.0 Å². The Balaban J connectivity index is 1.94. The highest BCUT2D eigenvalue weighted by Gasteiger charge is 2.28. The van der Waals surface area contributed by atoms with Gasteiger partial charge in [-0.2, -0.15) is 0 Å². The van der Waals surface area contributed by atoms with Crippen LogP contribution in [-0.4, -0.2) is 23.1 Å². The first kappa shape index (κ1) is 11.1. The maximum atomic E-state index is 11.8. The van der Waals surface area contributed by atoms with Crippen LogP contribution in [0.1, 0.15) is 25.5 Å². The Hall–Kier alpha value is -1.42. The number of hydrogen-bond acceptors (Lipinski definition) is 3. The van der Waals surface area contributed by atoms with Gasteiger partial charge in [-0.3, -0.25) is 9.78 Å². The third kappa shape index (κ3) is 2.58. The molecule has 16 heavy (non-hydrogen) atoms. The molecule has 1 aliphatic heterocycles. The SMILES string of the molecule is Cc1ccc(NC(=O)C2CCC(C)O2)cn1. The number of carbonyl (C=O) groups excluding carboxylic acids is 1. The fraction of sp³-hybridized carbons (Fsp3) is 0.500. The minimum absolute atomic E-state index is 0.0741. The zero-order chi connectivity index (χ0) is 11.5. The van der Waals surface area contributed by atoms with Crippen LogP contribution in [0.2, 0.25) is 0 Å². The van der Waals surface area contributed by atoms with Gasteiger partial charge in [-0.05, 0) is 38.8 Å². The quantitative estimate of drug-likeness (QED) is 0.828. The van der Waals surface area contributed by atoms with Gasteiger partial charge in [-0.25, -0.2) is 0 Å². The number of rotatable bonds is 2. The average molecular weight is 220 g/mol. The van der Waals surface area contributed by atoms with Crippen molar-refractivity contribution in [3.63, 3.8) is 0 Å². The van der Waals surface area contributed by atoms with Crippen LogP contribution in [-0.2, 0) is 9.53 Å². The summed E-state index contributed by atoms with van der Waals surface area (Å²) in [6.45, 7) is 3.90. The van der Waals surface area contributed by atoms with Gasteiger partial charge in [0.2, 0.25) is 0 Å². The Morgan fingerprint density at radius 2 is 2.31 bits per heavy atom. The third-order valence-corrected chi connectivity index (χ3v) is 2.70. The van der Waals surface area contributed by atoms with Gasteiger partial charge in [-0.15, -0.1) is 0 Å². The van der Waals surface area contributed by atoms with Gasteiger partial charge in [0, 0.05) is 5.69 Å². The predicted octanol–water partition coefficient (Wildman–Crippen LogP) is 1.90. The number of aromatic nitrogens is 1. The van der Waals surface area contributed by atoms with Crippen LogP contribution in [0.5, 0.6) is 0 Å². The molecule has 1 aromatic heterocycles. The molecule has 1 amide bonds. The lowest BCUT2D eigenvalue weighted by Crippen LogP contribution is -2.27. The highest BCUT2D eigenvalue weighted by molar-refractivity contribution is 5.94. The van der Waals surface area contributed by atoms with Crippen molar-refractivity contribution in [2.45, 2.75) is 38.9 Å². The molecule has 0 aliphatic carbocycles. The van der Waals surface area contributed by atoms with Crippen LogP contribution in [0.3, 0.4) is 0 Å². The van der Waals surface area contributed by atoms with E-state index in [-0.39, 0.29) is 18.1 Å². The minimum Gasteiger partial charge on any atom is -0.365 e. The number of amides is 1. The molecule has 1 fully saturated rings. The van der Waals surface area contributed by atoms with E-state index in [0.717, 1.165) is 24.2 Å². The first-order valence-electron chi connectivity index (χ1n) is 5.54. The molecular formula is C12H16N2O2. The standard InChI is InChI=1S/C12H16N2O2/c1-8-3-5-10(7-13-8)14-12(15)11-6-4-9(2)16-11/h3,5,7,9,11H,4,6H2,1-2H3,(H,14,15). The van der Waals surface area contributed by atoms with Gasteiger partial charge >= 0.3 is 0 Å². The van der Waals surface area contributed by atoms with E-state index in [1.807, 2.05) is 26.0 Å². The average Bonchev–Trinajstić information content (AvgIpc) is 2.68.